The molecule has 0 aliphatic carbocycles. The third-order valence-corrected chi connectivity index (χ3v) is 2.60. The Balaban J connectivity index is 3.08. The van der Waals surface area contributed by atoms with E-state index in [0.29, 0.717) is 5.92 Å². The second kappa shape index (κ2) is 5.93. The normalized spacial score (nSPS) is 10.9. The van der Waals surface area contributed by atoms with Crippen molar-refractivity contribution in [1.29, 1.82) is 0 Å². The highest BCUT2D eigenvalue weighted by Crippen LogP contribution is 2.21. The van der Waals surface area contributed by atoms with Gasteiger partial charge in [0.05, 0.1) is 5.69 Å². The van der Waals surface area contributed by atoms with Gasteiger partial charge in [-0.2, -0.15) is 0 Å². The average molecular weight is 257 g/mol. The molecule has 0 aromatic heterocycles. The number of benzene rings is 1. The Labute approximate surface area is 116 Å². The van der Waals surface area contributed by atoms with Crippen molar-refractivity contribution < 1.29 is 4.79 Å². The fraction of sp³-hybridized carbons (Fsp3) is 0.471. The van der Waals surface area contributed by atoms with Crippen molar-refractivity contribution in [1.82, 2.24) is 0 Å². The van der Waals surface area contributed by atoms with Crippen LogP contribution in [0, 0.1) is 30.1 Å². The van der Waals surface area contributed by atoms with E-state index in [2.05, 4.69) is 31.0 Å². The number of hydrogen-bond acceptors (Lipinski definition) is 1. The monoisotopic (exact) mass is 257 g/mol. The van der Waals surface area contributed by atoms with Gasteiger partial charge in [-0.05, 0) is 24.6 Å². The van der Waals surface area contributed by atoms with Crippen molar-refractivity contribution in [3.05, 3.63) is 29.3 Å². The van der Waals surface area contributed by atoms with E-state index in [4.69, 9.17) is 0 Å². The number of nitrogens with one attached hydrogen (secondary N) is 1. The molecule has 2 heteroatoms. The quantitative estimate of drug-likeness (QED) is 0.757. The molecule has 102 valence electrons. The molecule has 0 unspecified atom stereocenters. The van der Waals surface area contributed by atoms with Gasteiger partial charge in [0, 0.05) is 16.9 Å². The number of hydrogen-bond donors (Lipinski definition) is 1. The van der Waals surface area contributed by atoms with Crippen molar-refractivity contribution in [3.8, 4) is 11.8 Å². The van der Waals surface area contributed by atoms with Crippen LogP contribution >= 0.6 is 0 Å². The maximum atomic E-state index is 12.0. The van der Waals surface area contributed by atoms with Crippen LogP contribution in [0.3, 0.4) is 0 Å². The van der Waals surface area contributed by atoms with E-state index in [1.807, 2.05) is 45.9 Å². The lowest BCUT2D eigenvalue weighted by Crippen LogP contribution is -2.27. The Morgan fingerprint density at radius 1 is 1.26 bits per heavy atom. The number of anilines is 1. The van der Waals surface area contributed by atoms with Crippen molar-refractivity contribution >= 4 is 11.6 Å². The lowest BCUT2D eigenvalue weighted by Gasteiger charge is -2.18. The summed E-state index contributed by atoms with van der Waals surface area (Å²) >= 11 is 0. The smallest absolute Gasteiger partial charge is 0.229 e. The molecule has 0 spiro atoms. The SMILES string of the molecule is Cc1ccc(NC(=O)C(C)(C)C)c(C#CC(C)C)c1. The molecule has 1 amide bonds. The third-order valence-electron chi connectivity index (χ3n) is 2.60. The summed E-state index contributed by atoms with van der Waals surface area (Å²) in [5, 5.41) is 2.96. The first-order valence-corrected chi connectivity index (χ1v) is 6.64. The standard InChI is InChI=1S/C17H23NO/c1-12(2)7-9-14-11-13(3)8-10-15(14)18-16(19)17(4,5)6/h8,10-12H,1-6H3,(H,18,19). The summed E-state index contributed by atoms with van der Waals surface area (Å²) in [5.41, 5.74) is 2.40. The first kappa shape index (κ1) is 15.3. The Morgan fingerprint density at radius 2 is 1.89 bits per heavy atom. The number of amides is 1. The van der Waals surface area contributed by atoms with Gasteiger partial charge < -0.3 is 5.32 Å². The minimum absolute atomic E-state index is 0.00366. The molecule has 1 N–H and O–H groups in total. The molecule has 0 saturated heterocycles. The van der Waals surface area contributed by atoms with Crippen LogP contribution in [0.15, 0.2) is 18.2 Å². The van der Waals surface area contributed by atoms with Gasteiger partial charge in [-0.15, -0.1) is 0 Å². The second-order valence-corrected chi connectivity index (χ2v) is 6.18. The van der Waals surface area contributed by atoms with Crippen LogP contribution in [0.25, 0.3) is 0 Å². The van der Waals surface area contributed by atoms with Crippen LogP contribution in [-0.2, 0) is 4.79 Å². The highest BCUT2D eigenvalue weighted by Gasteiger charge is 2.21. The van der Waals surface area contributed by atoms with Crippen molar-refractivity contribution in [2.24, 2.45) is 11.3 Å². The Morgan fingerprint density at radius 3 is 2.42 bits per heavy atom. The molecule has 19 heavy (non-hydrogen) atoms. The molecule has 1 aromatic carbocycles. The van der Waals surface area contributed by atoms with Crippen molar-refractivity contribution in [3.63, 3.8) is 0 Å². The van der Waals surface area contributed by atoms with Gasteiger partial charge in [-0.3, -0.25) is 4.79 Å². The predicted octanol–water partition coefficient (Wildman–Crippen LogP) is 3.99. The van der Waals surface area contributed by atoms with E-state index in [1.54, 1.807) is 0 Å². The van der Waals surface area contributed by atoms with Gasteiger partial charge in [0.15, 0.2) is 0 Å². The van der Waals surface area contributed by atoms with Gasteiger partial charge in [-0.1, -0.05) is 52.5 Å². The van der Waals surface area contributed by atoms with E-state index in [0.717, 1.165) is 16.8 Å². The molecule has 1 aromatic rings. The third kappa shape index (κ3) is 4.79. The lowest BCUT2D eigenvalue weighted by molar-refractivity contribution is -0.123. The fourth-order valence-corrected chi connectivity index (χ4v) is 1.40. The second-order valence-electron chi connectivity index (χ2n) is 6.18. The van der Waals surface area contributed by atoms with E-state index >= 15 is 0 Å². The van der Waals surface area contributed by atoms with Crippen LogP contribution in [-0.4, -0.2) is 5.91 Å². The molecule has 0 atom stereocenters. The van der Waals surface area contributed by atoms with Gasteiger partial charge in [0.2, 0.25) is 5.91 Å². The molecule has 1 rings (SSSR count). The zero-order chi connectivity index (χ0) is 14.6. The average Bonchev–Trinajstić information content (AvgIpc) is 2.27. The molecular formula is C17H23NO. The summed E-state index contributed by atoms with van der Waals surface area (Å²) in [6, 6.07) is 5.91. The zero-order valence-corrected chi connectivity index (χ0v) is 12.7. The summed E-state index contributed by atoms with van der Waals surface area (Å²) in [6.07, 6.45) is 0. The fourth-order valence-electron chi connectivity index (χ4n) is 1.40. The van der Waals surface area contributed by atoms with E-state index in [-0.39, 0.29) is 5.91 Å². The molecule has 0 aliphatic rings. The highest BCUT2D eigenvalue weighted by atomic mass is 16.2. The summed E-state index contributed by atoms with van der Waals surface area (Å²) in [4.78, 5) is 12.0. The molecular weight excluding hydrogens is 234 g/mol. The molecule has 0 aliphatic heterocycles. The summed E-state index contributed by atoms with van der Waals surface area (Å²) in [6.45, 7) is 11.8. The van der Waals surface area contributed by atoms with Gasteiger partial charge in [0.1, 0.15) is 0 Å². The van der Waals surface area contributed by atoms with E-state index < -0.39 is 5.41 Å². The summed E-state index contributed by atoms with van der Waals surface area (Å²) in [7, 11) is 0. The lowest BCUT2D eigenvalue weighted by atomic mass is 9.95. The number of carbonyl (C=O) groups excluding carboxylic acids is 1. The topological polar surface area (TPSA) is 29.1 Å². The van der Waals surface area contributed by atoms with Crippen LogP contribution < -0.4 is 5.32 Å². The largest absolute Gasteiger partial charge is 0.325 e. The minimum atomic E-state index is -0.409. The van der Waals surface area contributed by atoms with Gasteiger partial charge >= 0.3 is 0 Å². The Hall–Kier alpha value is -1.75. The number of carbonyl (C=O) groups is 1. The summed E-state index contributed by atoms with van der Waals surface area (Å²) in [5.74, 6) is 6.60. The zero-order valence-electron chi connectivity index (χ0n) is 12.7. The highest BCUT2D eigenvalue weighted by molar-refractivity contribution is 5.95. The number of rotatable bonds is 1. The molecule has 2 nitrogen and oxygen atoms in total. The number of aryl methyl sites for hydroxylation is 1. The summed E-state index contributed by atoms with van der Waals surface area (Å²) < 4.78 is 0. The Kier molecular flexibility index (Phi) is 4.78. The van der Waals surface area contributed by atoms with Crippen LogP contribution in [0.1, 0.15) is 45.7 Å². The van der Waals surface area contributed by atoms with Crippen LogP contribution in [0.4, 0.5) is 5.69 Å². The van der Waals surface area contributed by atoms with Crippen LogP contribution in [0.5, 0.6) is 0 Å². The van der Waals surface area contributed by atoms with E-state index in [9.17, 15) is 4.79 Å². The molecule has 0 bridgehead atoms. The minimum Gasteiger partial charge on any atom is -0.325 e. The van der Waals surface area contributed by atoms with E-state index in [1.165, 1.54) is 0 Å². The molecule has 0 saturated carbocycles. The maximum Gasteiger partial charge on any atom is 0.229 e. The predicted molar refractivity (Wildman–Crippen MR) is 81.0 cm³/mol. The van der Waals surface area contributed by atoms with Gasteiger partial charge in [-0.25, -0.2) is 0 Å². The van der Waals surface area contributed by atoms with Crippen molar-refractivity contribution in [2.75, 3.05) is 5.32 Å². The molecule has 0 radical (unpaired) electrons. The Bertz CT molecular complexity index is 524. The first-order chi connectivity index (χ1) is 8.70. The molecule has 0 heterocycles. The van der Waals surface area contributed by atoms with Crippen molar-refractivity contribution in [2.45, 2.75) is 41.5 Å². The van der Waals surface area contributed by atoms with Crippen LogP contribution in [0.2, 0.25) is 0 Å². The van der Waals surface area contributed by atoms with Gasteiger partial charge in [0.25, 0.3) is 0 Å². The molecule has 0 fully saturated rings. The first-order valence-electron chi connectivity index (χ1n) is 6.64. The maximum absolute atomic E-state index is 12.0.